The van der Waals surface area contributed by atoms with Gasteiger partial charge in [0.25, 0.3) is 5.97 Å². The van der Waals surface area contributed by atoms with Crippen LogP contribution in [-0.2, 0) is 25.4 Å². The molecule has 5 heteroatoms. The molecule has 1 aliphatic carbocycles. The minimum Gasteiger partial charge on any atom is -0.509 e. The molecule has 0 heterocycles. The van der Waals surface area contributed by atoms with Crippen molar-refractivity contribution < 1.29 is 18.8 Å². The first kappa shape index (κ1) is 25.9. The number of hydrogen-bond acceptors (Lipinski definition) is 4. The van der Waals surface area contributed by atoms with Crippen molar-refractivity contribution in [1.82, 2.24) is 0 Å². The van der Waals surface area contributed by atoms with Gasteiger partial charge in [-0.1, -0.05) is 112 Å². The monoisotopic (exact) mass is 500 g/mol. The fraction of sp³-hybridized carbons (Fsp3) is 0.355. The van der Waals surface area contributed by atoms with E-state index in [2.05, 4.69) is 45.0 Å². The van der Waals surface area contributed by atoms with Crippen LogP contribution in [-0.4, -0.2) is 20.3 Å². The molecule has 0 amide bonds. The van der Waals surface area contributed by atoms with Crippen molar-refractivity contribution in [3.8, 4) is 0 Å². The number of ether oxygens (including phenoxy) is 1. The third-order valence-electron chi connectivity index (χ3n) is 7.29. The van der Waals surface area contributed by atoms with E-state index in [0.29, 0.717) is 25.7 Å². The van der Waals surface area contributed by atoms with Crippen LogP contribution in [0.5, 0.6) is 0 Å². The van der Waals surface area contributed by atoms with Crippen LogP contribution in [0.1, 0.15) is 52.0 Å². The molecule has 4 nitrogen and oxygen atoms in total. The van der Waals surface area contributed by atoms with Gasteiger partial charge in [-0.15, -0.1) is 0 Å². The summed E-state index contributed by atoms with van der Waals surface area (Å²) in [6, 6.07) is 30.2. The minimum atomic E-state index is -2.93. The van der Waals surface area contributed by atoms with Crippen LogP contribution in [0, 0.1) is 11.8 Å². The molecule has 4 rings (SSSR count). The van der Waals surface area contributed by atoms with Crippen LogP contribution in [0.15, 0.2) is 91.0 Å². The van der Waals surface area contributed by atoms with E-state index in [9.17, 15) is 9.59 Å². The summed E-state index contributed by atoms with van der Waals surface area (Å²) in [5, 5.41) is 1.93. The van der Waals surface area contributed by atoms with Crippen molar-refractivity contribution in [2.24, 2.45) is 11.8 Å². The Hall–Kier alpha value is -3.18. The van der Waals surface area contributed by atoms with Gasteiger partial charge in [0, 0.05) is 0 Å². The van der Waals surface area contributed by atoms with Crippen molar-refractivity contribution in [2.75, 3.05) is 0 Å². The van der Waals surface area contributed by atoms with Gasteiger partial charge in [0.15, 0.2) is 0 Å². The molecule has 3 aromatic carbocycles. The Morgan fingerprint density at radius 2 is 1.11 bits per heavy atom. The molecule has 188 valence electrons. The Bertz CT molecular complexity index is 1090. The molecule has 36 heavy (non-hydrogen) atoms. The molecule has 0 aliphatic heterocycles. The second-order valence-electron chi connectivity index (χ2n) is 10.7. The van der Waals surface area contributed by atoms with E-state index in [0.717, 1.165) is 15.9 Å². The zero-order chi connectivity index (χ0) is 25.6. The first-order valence-electron chi connectivity index (χ1n) is 12.9. The Labute approximate surface area is 215 Å². The maximum Gasteiger partial charge on any atom is 0.323 e. The predicted molar refractivity (Wildman–Crippen MR) is 145 cm³/mol. The van der Waals surface area contributed by atoms with Gasteiger partial charge in [-0.25, -0.2) is 0 Å². The summed E-state index contributed by atoms with van der Waals surface area (Å²) in [6.45, 7) is 6.81. The van der Waals surface area contributed by atoms with Gasteiger partial charge in [0.2, 0.25) is 0 Å². The summed E-state index contributed by atoms with van der Waals surface area (Å²) < 4.78 is 12.3. The quantitative estimate of drug-likeness (QED) is 0.311. The standard InChI is InChI=1S/C31H36O4Si/c1-31(2,3)36(27-15-9-5-10-16-27,28-17-11-6-12-18-28)35-30(33)26-21-19-25(20-22-26)29(32)34-23-24-13-7-4-8-14-24/h4-18,25-26H,19-23H2,1-3H3. The van der Waals surface area contributed by atoms with Crippen molar-refractivity contribution in [3.63, 3.8) is 0 Å². The number of hydrogen-bond donors (Lipinski definition) is 0. The summed E-state index contributed by atoms with van der Waals surface area (Å²) in [5.41, 5.74) is 0.980. The van der Waals surface area contributed by atoms with Gasteiger partial charge in [0.1, 0.15) is 6.61 Å². The van der Waals surface area contributed by atoms with Crippen LogP contribution in [0.2, 0.25) is 5.04 Å². The molecule has 1 aliphatic rings. The van der Waals surface area contributed by atoms with E-state index in [4.69, 9.17) is 9.16 Å². The van der Waals surface area contributed by atoms with E-state index < -0.39 is 8.32 Å². The number of carbonyl (C=O) groups excluding carboxylic acids is 2. The number of esters is 1. The number of benzene rings is 3. The normalized spacial score (nSPS) is 18.3. The first-order chi connectivity index (χ1) is 17.3. The molecular weight excluding hydrogens is 464 g/mol. The highest BCUT2D eigenvalue weighted by Crippen LogP contribution is 2.39. The summed E-state index contributed by atoms with van der Waals surface area (Å²) in [5.74, 6) is -0.673. The molecule has 1 fully saturated rings. The Morgan fingerprint density at radius 3 is 1.56 bits per heavy atom. The summed E-state index contributed by atoms with van der Waals surface area (Å²) in [7, 11) is -2.93. The largest absolute Gasteiger partial charge is 0.509 e. The van der Waals surface area contributed by atoms with Gasteiger partial charge >= 0.3 is 14.3 Å². The van der Waals surface area contributed by atoms with Gasteiger partial charge in [-0.3, -0.25) is 9.59 Å². The molecule has 0 spiro atoms. The Balaban J connectivity index is 1.47. The summed E-state index contributed by atoms with van der Waals surface area (Å²) in [6.07, 6.45) is 2.58. The minimum absolute atomic E-state index is 0.139. The molecule has 0 aromatic heterocycles. The highest BCUT2D eigenvalue weighted by Gasteiger charge is 2.53. The second kappa shape index (κ2) is 11.3. The topological polar surface area (TPSA) is 52.6 Å². The van der Waals surface area contributed by atoms with E-state index in [-0.39, 0.29) is 35.4 Å². The average Bonchev–Trinajstić information content (AvgIpc) is 2.91. The molecule has 1 saturated carbocycles. The molecule has 0 N–H and O–H groups in total. The lowest BCUT2D eigenvalue weighted by Gasteiger charge is -2.43. The van der Waals surface area contributed by atoms with Gasteiger partial charge in [-0.2, -0.15) is 0 Å². The SMILES string of the molecule is CC(C)(C)[Si](OC(=O)C1CCC(C(=O)OCc2ccccc2)CC1)(c1ccccc1)c1ccccc1. The van der Waals surface area contributed by atoms with Crippen LogP contribution in [0.3, 0.4) is 0 Å². The van der Waals surface area contributed by atoms with E-state index in [1.54, 1.807) is 0 Å². The Morgan fingerprint density at radius 1 is 0.694 bits per heavy atom. The Kier molecular flexibility index (Phi) is 8.10. The van der Waals surface area contributed by atoms with E-state index in [1.807, 2.05) is 66.7 Å². The van der Waals surface area contributed by atoms with Crippen molar-refractivity contribution in [1.29, 1.82) is 0 Å². The van der Waals surface area contributed by atoms with Crippen LogP contribution >= 0.6 is 0 Å². The van der Waals surface area contributed by atoms with Crippen LogP contribution in [0.4, 0.5) is 0 Å². The number of carbonyl (C=O) groups is 2. The van der Waals surface area contributed by atoms with Gasteiger partial charge < -0.3 is 9.16 Å². The van der Waals surface area contributed by atoms with Crippen molar-refractivity contribution in [3.05, 3.63) is 96.6 Å². The average molecular weight is 501 g/mol. The fourth-order valence-corrected chi connectivity index (χ4v) is 9.69. The lowest BCUT2D eigenvalue weighted by molar-refractivity contribution is -0.153. The van der Waals surface area contributed by atoms with Crippen LogP contribution < -0.4 is 10.4 Å². The lowest BCUT2D eigenvalue weighted by Crippen LogP contribution is -2.67. The third kappa shape index (κ3) is 5.62. The molecule has 0 unspecified atom stereocenters. The summed E-state index contributed by atoms with van der Waals surface area (Å²) in [4.78, 5) is 26.3. The fourth-order valence-electron chi connectivity index (χ4n) is 5.29. The zero-order valence-electron chi connectivity index (χ0n) is 21.5. The molecular formula is C31H36O4Si. The van der Waals surface area contributed by atoms with Crippen molar-refractivity contribution >= 4 is 30.6 Å². The molecule has 3 aromatic rings. The smallest absolute Gasteiger partial charge is 0.323 e. The maximum atomic E-state index is 13.7. The van der Waals surface area contributed by atoms with Crippen LogP contribution in [0.25, 0.3) is 0 Å². The summed E-state index contributed by atoms with van der Waals surface area (Å²) >= 11 is 0. The highest BCUT2D eigenvalue weighted by atomic mass is 28.4. The maximum absolute atomic E-state index is 13.7. The first-order valence-corrected chi connectivity index (χ1v) is 14.8. The lowest BCUT2D eigenvalue weighted by atomic mass is 9.82. The van der Waals surface area contributed by atoms with Crippen molar-refractivity contribution in [2.45, 2.75) is 58.1 Å². The second-order valence-corrected chi connectivity index (χ2v) is 14.9. The van der Waals surface area contributed by atoms with E-state index >= 15 is 0 Å². The van der Waals surface area contributed by atoms with Gasteiger partial charge in [0.05, 0.1) is 11.8 Å². The predicted octanol–water partition coefficient (Wildman–Crippen LogP) is 5.64. The van der Waals surface area contributed by atoms with Gasteiger partial charge in [-0.05, 0) is 46.7 Å². The molecule has 0 saturated heterocycles. The highest BCUT2D eigenvalue weighted by molar-refractivity contribution is 7.00. The molecule has 0 radical (unpaired) electrons. The molecule has 0 bridgehead atoms. The third-order valence-corrected chi connectivity index (χ3v) is 12.2. The van der Waals surface area contributed by atoms with E-state index in [1.165, 1.54) is 0 Å². The number of rotatable bonds is 7. The molecule has 0 atom stereocenters. The zero-order valence-corrected chi connectivity index (χ0v) is 22.5.